The molecule has 4 heteroatoms. The topological polar surface area (TPSA) is 46.5 Å². The predicted octanol–water partition coefficient (Wildman–Crippen LogP) is 0.0367. The number of sulfonamides is 1. The van der Waals surface area contributed by atoms with E-state index in [0.29, 0.717) is 0 Å². The van der Waals surface area contributed by atoms with Gasteiger partial charge in [0, 0.05) is 6.21 Å². The molecule has 0 aromatic heterocycles. The van der Waals surface area contributed by atoms with Crippen molar-refractivity contribution < 1.29 is 8.42 Å². The zero-order chi connectivity index (χ0) is 5.91. The van der Waals surface area contributed by atoms with Gasteiger partial charge in [0.15, 0.2) is 0 Å². The highest BCUT2D eigenvalue weighted by molar-refractivity contribution is 7.89. The monoisotopic (exact) mass is 121 g/mol. The molecule has 0 amide bonds. The highest BCUT2D eigenvalue weighted by atomic mass is 32.2. The lowest BCUT2D eigenvalue weighted by atomic mass is 10.9. The molecule has 0 aliphatic rings. The minimum absolute atomic E-state index is 1.05. The van der Waals surface area contributed by atoms with Crippen molar-refractivity contribution in [3.05, 3.63) is 0 Å². The minimum atomic E-state index is -3.10. The van der Waals surface area contributed by atoms with Gasteiger partial charge >= 0.3 is 0 Å². The molecule has 0 N–H and O–H groups in total. The molecule has 3 nitrogen and oxygen atoms in total. The van der Waals surface area contributed by atoms with Crippen LogP contribution in [0.15, 0.2) is 4.40 Å². The molecule has 0 saturated heterocycles. The van der Waals surface area contributed by atoms with Gasteiger partial charge in [-0.15, -0.1) is 0 Å². The zero-order valence-electron chi connectivity index (χ0n) is 4.25. The third-order valence-corrected chi connectivity index (χ3v) is 0.891. The lowest BCUT2D eigenvalue weighted by Gasteiger charge is -1.77. The second-order valence-electron chi connectivity index (χ2n) is 1.10. The highest BCUT2D eigenvalue weighted by Crippen LogP contribution is 1.78. The van der Waals surface area contributed by atoms with Crippen LogP contribution >= 0.6 is 0 Å². The molecule has 0 aromatic carbocycles. The maximum absolute atomic E-state index is 10.0. The maximum atomic E-state index is 10.0. The molecule has 0 rings (SSSR count). The molecule has 7 heavy (non-hydrogen) atoms. The average Bonchev–Trinajstić information content (AvgIpc) is 1.30. The Balaban J connectivity index is 4.13. The summed E-state index contributed by atoms with van der Waals surface area (Å²) in [6.45, 7) is 1.56. The number of rotatable bonds is 1. The molecule has 0 aliphatic heterocycles. The van der Waals surface area contributed by atoms with Gasteiger partial charge in [-0.25, -0.2) is 8.42 Å². The van der Waals surface area contributed by atoms with E-state index in [4.69, 9.17) is 0 Å². The first kappa shape index (κ1) is 6.62. The van der Waals surface area contributed by atoms with Crippen LogP contribution in [0.1, 0.15) is 6.92 Å². The SMILES string of the molecule is C/C=N/S(C)(=O)=O. The van der Waals surface area contributed by atoms with Gasteiger partial charge in [0.2, 0.25) is 10.0 Å². The molecular weight excluding hydrogens is 114 g/mol. The van der Waals surface area contributed by atoms with Crippen LogP contribution in [0.5, 0.6) is 0 Å². The van der Waals surface area contributed by atoms with Gasteiger partial charge in [-0.1, -0.05) is 0 Å². The highest BCUT2D eigenvalue weighted by Gasteiger charge is 1.88. The van der Waals surface area contributed by atoms with Crippen molar-refractivity contribution in [3.8, 4) is 0 Å². The summed E-state index contributed by atoms with van der Waals surface area (Å²) >= 11 is 0. The van der Waals surface area contributed by atoms with Crippen molar-refractivity contribution >= 4 is 16.2 Å². The molecule has 0 atom stereocenters. The van der Waals surface area contributed by atoms with Crippen LogP contribution < -0.4 is 0 Å². The van der Waals surface area contributed by atoms with Gasteiger partial charge in [0.05, 0.1) is 6.26 Å². The van der Waals surface area contributed by atoms with E-state index in [2.05, 4.69) is 4.40 Å². The Morgan fingerprint density at radius 1 is 1.57 bits per heavy atom. The fraction of sp³-hybridized carbons (Fsp3) is 0.667. The number of hydrogen-bond donors (Lipinski definition) is 0. The number of nitrogens with zero attached hydrogens (tertiary/aromatic N) is 1. The van der Waals surface area contributed by atoms with E-state index >= 15 is 0 Å². The van der Waals surface area contributed by atoms with Gasteiger partial charge in [-0.2, -0.15) is 4.40 Å². The zero-order valence-corrected chi connectivity index (χ0v) is 5.07. The Morgan fingerprint density at radius 2 is 2.00 bits per heavy atom. The van der Waals surface area contributed by atoms with E-state index in [-0.39, 0.29) is 0 Å². The quantitative estimate of drug-likeness (QED) is 0.460. The van der Waals surface area contributed by atoms with E-state index in [9.17, 15) is 8.42 Å². The summed E-state index contributed by atoms with van der Waals surface area (Å²) in [7, 11) is -3.10. The Labute approximate surface area is 43.1 Å². The molecule has 0 spiro atoms. The van der Waals surface area contributed by atoms with Crippen LogP contribution in [0.25, 0.3) is 0 Å². The molecular formula is C3H7NO2S. The summed E-state index contributed by atoms with van der Waals surface area (Å²) in [5.41, 5.74) is 0. The summed E-state index contributed by atoms with van der Waals surface area (Å²) in [5.74, 6) is 0. The standard InChI is InChI=1S/C3H7NO2S/c1-3-4-7(2,5)6/h3H,1-2H3/b4-3+. The van der Waals surface area contributed by atoms with Crippen LogP contribution in [-0.4, -0.2) is 20.9 Å². The van der Waals surface area contributed by atoms with E-state index in [1.165, 1.54) is 6.21 Å². The Kier molecular flexibility index (Phi) is 1.95. The van der Waals surface area contributed by atoms with E-state index in [1.807, 2.05) is 0 Å². The van der Waals surface area contributed by atoms with Crippen LogP contribution in [0.3, 0.4) is 0 Å². The van der Waals surface area contributed by atoms with Gasteiger partial charge < -0.3 is 0 Å². The summed E-state index contributed by atoms with van der Waals surface area (Å²) in [6, 6.07) is 0. The van der Waals surface area contributed by atoms with Crippen LogP contribution in [0.4, 0.5) is 0 Å². The molecule has 0 aliphatic carbocycles. The molecule has 0 fully saturated rings. The van der Waals surface area contributed by atoms with Crippen molar-refractivity contribution in [1.82, 2.24) is 0 Å². The molecule has 0 radical (unpaired) electrons. The Morgan fingerprint density at radius 3 is 2.00 bits per heavy atom. The van der Waals surface area contributed by atoms with Crippen molar-refractivity contribution in [1.29, 1.82) is 0 Å². The number of hydrogen-bond acceptors (Lipinski definition) is 2. The van der Waals surface area contributed by atoms with Crippen molar-refractivity contribution in [2.45, 2.75) is 6.92 Å². The lowest BCUT2D eigenvalue weighted by molar-refractivity contribution is 0.604. The van der Waals surface area contributed by atoms with Crippen molar-refractivity contribution in [2.24, 2.45) is 4.40 Å². The first-order valence-corrected chi connectivity index (χ1v) is 3.61. The summed E-state index contributed by atoms with van der Waals surface area (Å²) in [5, 5.41) is 0. The van der Waals surface area contributed by atoms with Gasteiger partial charge in [0.25, 0.3) is 0 Å². The second kappa shape index (κ2) is 2.07. The molecule has 0 bridgehead atoms. The second-order valence-corrected chi connectivity index (χ2v) is 2.77. The van der Waals surface area contributed by atoms with Crippen LogP contribution in [0.2, 0.25) is 0 Å². The van der Waals surface area contributed by atoms with Gasteiger partial charge in [-0.3, -0.25) is 0 Å². The van der Waals surface area contributed by atoms with E-state index in [1.54, 1.807) is 6.92 Å². The molecule has 42 valence electrons. The first-order chi connectivity index (χ1) is 3.06. The Bertz CT molecular complexity index is 156. The summed E-state index contributed by atoms with van der Waals surface area (Å²) in [6.07, 6.45) is 2.29. The van der Waals surface area contributed by atoms with Gasteiger partial charge in [-0.05, 0) is 6.92 Å². The fourth-order valence-electron chi connectivity index (χ4n) is 0.191. The first-order valence-electron chi connectivity index (χ1n) is 1.76. The van der Waals surface area contributed by atoms with Gasteiger partial charge in [0.1, 0.15) is 0 Å². The van der Waals surface area contributed by atoms with E-state index in [0.717, 1.165) is 6.26 Å². The molecule has 0 aromatic rings. The van der Waals surface area contributed by atoms with E-state index < -0.39 is 10.0 Å². The average molecular weight is 121 g/mol. The predicted molar refractivity (Wildman–Crippen MR) is 29.0 cm³/mol. The van der Waals surface area contributed by atoms with Crippen molar-refractivity contribution in [3.63, 3.8) is 0 Å². The fourth-order valence-corrected chi connectivity index (χ4v) is 0.574. The maximum Gasteiger partial charge on any atom is 0.249 e. The normalized spacial score (nSPS) is 12.9. The molecule has 0 unspecified atom stereocenters. The third kappa shape index (κ3) is 5.62. The smallest absolute Gasteiger partial charge is 0.205 e. The molecule has 0 heterocycles. The lowest BCUT2D eigenvalue weighted by Crippen LogP contribution is -1.87. The summed E-state index contributed by atoms with van der Waals surface area (Å²) in [4.78, 5) is 0. The summed E-state index contributed by atoms with van der Waals surface area (Å²) < 4.78 is 23.2. The third-order valence-electron chi connectivity index (χ3n) is 0.297. The van der Waals surface area contributed by atoms with Crippen LogP contribution in [-0.2, 0) is 10.0 Å². The molecule has 0 saturated carbocycles. The van der Waals surface area contributed by atoms with Crippen LogP contribution in [0, 0.1) is 0 Å². The minimum Gasteiger partial charge on any atom is -0.205 e. The Hall–Kier alpha value is -0.380. The van der Waals surface area contributed by atoms with Crippen molar-refractivity contribution in [2.75, 3.05) is 6.26 Å². The largest absolute Gasteiger partial charge is 0.249 e.